The Morgan fingerprint density at radius 3 is 2.61 bits per heavy atom. The highest BCUT2D eigenvalue weighted by atomic mass is 32.2. The fraction of sp³-hybridized carbons (Fsp3) is 0.200. The van der Waals surface area contributed by atoms with Gasteiger partial charge in [0.2, 0.25) is 5.89 Å². The third kappa shape index (κ3) is 4.96. The molecule has 0 radical (unpaired) electrons. The summed E-state index contributed by atoms with van der Waals surface area (Å²) in [4.78, 5) is 16.3. The first-order valence-corrected chi connectivity index (χ1v) is 9.94. The largest absolute Gasteiger partial charge is 0.616 e. The Hall–Kier alpha value is -2.71. The van der Waals surface area contributed by atoms with Crippen LogP contribution in [0.15, 0.2) is 46.9 Å². The second-order valence-corrected chi connectivity index (χ2v) is 7.75. The number of amides is 1. The lowest BCUT2D eigenvalue weighted by Crippen LogP contribution is -2.24. The predicted molar refractivity (Wildman–Crippen MR) is 103 cm³/mol. The normalized spacial score (nSPS) is 12.0. The zero-order valence-electron chi connectivity index (χ0n) is 15.3. The van der Waals surface area contributed by atoms with Crippen LogP contribution in [-0.2, 0) is 21.7 Å². The number of hydrogen-bond donors (Lipinski definition) is 1. The van der Waals surface area contributed by atoms with Gasteiger partial charge in [0.1, 0.15) is 23.1 Å². The highest BCUT2D eigenvalue weighted by Gasteiger charge is 2.20. The summed E-state index contributed by atoms with van der Waals surface area (Å²) in [6, 6.07) is 10.3. The van der Waals surface area contributed by atoms with Crippen molar-refractivity contribution in [2.75, 3.05) is 11.1 Å². The Morgan fingerprint density at radius 2 is 1.89 bits per heavy atom. The minimum Gasteiger partial charge on any atom is -0.616 e. The van der Waals surface area contributed by atoms with E-state index >= 15 is 0 Å². The van der Waals surface area contributed by atoms with Crippen LogP contribution in [0.2, 0.25) is 0 Å². The molecular formula is C20H18F2N2O3S. The van der Waals surface area contributed by atoms with Crippen LogP contribution in [0, 0.1) is 25.5 Å². The van der Waals surface area contributed by atoms with Crippen molar-refractivity contribution in [1.82, 2.24) is 4.98 Å². The lowest BCUT2D eigenvalue weighted by molar-refractivity contribution is -0.113. The molecular weight excluding hydrogens is 386 g/mol. The molecule has 0 saturated carbocycles. The lowest BCUT2D eigenvalue weighted by atomic mass is 10.1. The Morgan fingerprint density at radius 1 is 1.18 bits per heavy atom. The average Bonchev–Trinajstić information content (AvgIpc) is 2.99. The van der Waals surface area contributed by atoms with E-state index in [4.69, 9.17) is 4.42 Å². The lowest BCUT2D eigenvalue weighted by Gasteiger charge is -2.10. The number of nitrogens with zero attached hydrogens (tertiary/aromatic N) is 1. The van der Waals surface area contributed by atoms with Gasteiger partial charge in [0.25, 0.3) is 5.91 Å². The molecule has 3 aromatic rings. The van der Waals surface area contributed by atoms with Gasteiger partial charge in [-0.05, 0) is 49.3 Å². The molecule has 1 amide bonds. The Labute approximate surface area is 164 Å². The topological polar surface area (TPSA) is 78.2 Å². The van der Waals surface area contributed by atoms with Gasteiger partial charge in [-0.15, -0.1) is 0 Å². The maximum atomic E-state index is 13.6. The smallest absolute Gasteiger partial charge is 0.274 e. The van der Waals surface area contributed by atoms with Crippen LogP contribution in [0.5, 0.6) is 0 Å². The summed E-state index contributed by atoms with van der Waals surface area (Å²) in [5, 5.41) is 2.23. The summed E-state index contributed by atoms with van der Waals surface area (Å²) in [6.45, 7) is 3.68. The summed E-state index contributed by atoms with van der Waals surface area (Å²) in [5.74, 6) is -1.56. The van der Waals surface area contributed by atoms with Crippen LogP contribution < -0.4 is 5.32 Å². The maximum absolute atomic E-state index is 13.6. The number of carbonyl (C=O) groups excluding carboxylic acids is 1. The first-order valence-electron chi connectivity index (χ1n) is 8.45. The first-order chi connectivity index (χ1) is 13.3. The second-order valence-electron chi connectivity index (χ2n) is 6.29. The molecule has 0 aliphatic carbocycles. The van der Waals surface area contributed by atoms with Gasteiger partial charge in [0.05, 0.1) is 5.69 Å². The molecule has 0 fully saturated rings. The van der Waals surface area contributed by atoms with Gasteiger partial charge in [-0.25, -0.2) is 13.8 Å². The second kappa shape index (κ2) is 8.53. The van der Waals surface area contributed by atoms with E-state index in [0.29, 0.717) is 17.3 Å². The minimum absolute atomic E-state index is 0.0141. The average molecular weight is 404 g/mol. The molecule has 1 atom stereocenters. The highest BCUT2D eigenvalue weighted by molar-refractivity contribution is 7.91. The van der Waals surface area contributed by atoms with Gasteiger partial charge in [0.15, 0.2) is 11.5 Å². The van der Waals surface area contributed by atoms with Crippen molar-refractivity contribution in [3.05, 3.63) is 71.1 Å². The Kier molecular flexibility index (Phi) is 6.11. The minimum atomic E-state index is -1.59. The molecule has 0 saturated heterocycles. The monoisotopic (exact) mass is 404 g/mol. The molecule has 0 bridgehead atoms. The number of rotatable bonds is 6. The van der Waals surface area contributed by atoms with E-state index < -0.39 is 28.7 Å². The van der Waals surface area contributed by atoms with Crippen LogP contribution in [0.4, 0.5) is 14.5 Å². The third-order valence-electron chi connectivity index (χ3n) is 3.98. The van der Waals surface area contributed by atoms with Gasteiger partial charge in [-0.3, -0.25) is 4.79 Å². The Balaban J connectivity index is 1.63. The molecule has 0 aliphatic rings. The standard InChI is InChI=1S/C20H18F2N2O3S/c1-12-3-5-14(6-4-12)20-24-18(13(2)27-20)10-28(26)11-19(25)23-17-9-15(21)7-8-16(17)22/h3-9H,10-11H2,1-2H3,(H,23,25). The van der Waals surface area contributed by atoms with Gasteiger partial charge >= 0.3 is 0 Å². The fourth-order valence-corrected chi connectivity index (χ4v) is 3.55. The third-order valence-corrected chi connectivity index (χ3v) is 5.16. The van der Waals surface area contributed by atoms with Gasteiger partial charge in [-0.1, -0.05) is 17.7 Å². The molecule has 3 rings (SSSR count). The quantitative estimate of drug-likeness (QED) is 0.627. The van der Waals surface area contributed by atoms with Crippen molar-refractivity contribution in [3.63, 3.8) is 0 Å². The Bertz CT molecular complexity index is 990. The molecule has 0 spiro atoms. The van der Waals surface area contributed by atoms with Crippen molar-refractivity contribution in [1.29, 1.82) is 0 Å². The summed E-state index contributed by atoms with van der Waals surface area (Å²) >= 11 is -1.59. The van der Waals surface area contributed by atoms with Crippen molar-refractivity contribution in [2.24, 2.45) is 0 Å². The van der Waals surface area contributed by atoms with Gasteiger partial charge < -0.3 is 14.3 Å². The fourth-order valence-electron chi connectivity index (χ4n) is 2.51. The molecule has 28 heavy (non-hydrogen) atoms. The van der Waals surface area contributed by atoms with E-state index in [0.717, 1.165) is 29.3 Å². The number of aromatic nitrogens is 1. The van der Waals surface area contributed by atoms with Gasteiger partial charge in [0, 0.05) is 11.6 Å². The van der Waals surface area contributed by atoms with Crippen LogP contribution in [-0.4, -0.2) is 21.2 Å². The summed E-state index contributed by atoms with van der Waals surface area (Å²) in [6.07, 6.45) is 0. The molecule has 1 heterocycles. The summed E-state index contributed by atoms with van der Waals surface area (Å²) < 4.78 is 44.7. The molecule has 2 aromatic carbocycles. The SMILES string of the molecule is Cc1ccc(-c2nc(C[S+]([O-])CC(=O)Nc3cc(F)ccc3F)c(C)o2)cc1. The van der Waals surface area contributed by atoms with E-state index in [2.05, 4.69) is 10.3 Å². The zero-order chi connectivity index (χ0) is 20.3. The molecule has 146 valence electrons. The van der Waals surface area contributed by atoms with Crippen LogP contribution in [0.25, 0.3) is 11.5 Å². The number of anilines is 1. The number of oxazole rings is 1. The predicted octanol–water partition coefficient (Wildman–Crippen LogP) is 4.12. The van der Waals surface area contributed by atoms with Crippen molar-refractivity contribution in [2.45, 2.75) is 19.6 Å². The molecule has 0 aliphatic heterocycles. The van der Waals surface area contributed by atoms with E-state index in [1.54, 1.807) is 6.92 Å². The van der Waals surface area contributed by atoms with Crippen LogP contribution in [0.3, 0.4) is 0 Å². The van der Waals surface area contributed by atoms with E-state index in [9.17, 15) is 18.1 Å². The number of carbonyl (C=O) groups is 1. The molecule has 1 unspecified atom stereocenters. The van der Waals surface area contributed by atoms with Crippen LogP contribution >= 0.6 is 0 Å². The molecule has 1 aromatic heterocycles. The van der Waals surface area contributed by atoms with E-state index in [-0.39, 0.29) is 17.2 Å². The summed E-state index contributed by atoms with van der Waals surface area (Å²) in [5.41, 5.74) is 2.10. The zero-order valence-corrected chi connectivity index (χ0v) is 16.1. The maximum Gasteiger partial charge on any atom is 0.274 e. The van der Waals surface area contributed by atoms with Gasteiger partial charge in [-0.2, -0.15) is 0 Å². The first kappa shape index (κ1) is 20.0. The van der Waals surface area contributed by atoms with Crippen molar-refractivity contribution < 1.29 is 22.5 Å². The van der Waals surface area contributed by atoms with E-state index in [1.165, 1.54) is 0 Å². The number of hydrogen-bond acceptors (Lipinski definition) is 4. The number of benzene rings is 2. The number of aryl methyl sites for hydroxylation is 2. The van der Waals surface area contributed by atoms with Crippen molar-refractivity contribution in [3.8, 4) is 11.5 Å². The van der Waals surface area contributed by atoms with Crippen LogP contribution in [0.1, 0.15) is 17.0 Å². The van der Waals surface area contributed by atoms with E-state index in [1.807, 2.05) is 31.2 Å². The number of halogens is 2. The summed E-state index contributed by atoms with van der Waals surface area (Å²) in [7, 11) is 0. The highest BCUT2D eigenvalue weighted by Crippen LogP contribution is 2.23. The molecule has 5 nitrogen and oxygen atoms in total. The van der Waals surface area contributed by atoms with Crippen molar-refractivity contribution >= 4 is 22.8 Å². The number of nitrogens with one attached hydrogen (secondary N) is 1. The molecule has 8 heteroatoms. The molecule has 1 N–H and O–H groups in total.